The fourth-order valence-electron chi connectivity index (χ4n) is 2.15. The monoisotopic (exact) mass is 356 g/mol. The highest BCUT2D eigenvalue weighted by atomic mass is 35.5. The summed E-state index contributed by atoms with van der Waals surface area (Å²) in [6.45, 7) is 3.49. The molecule has 2 rings (SSSR count). The van der Waals surface area contributed by atoms with Crippen LogP contribution in [0.4, 0.5) is 19.0 Å². The van der Waals surface area contributed by atoms with Crippen molar-refractivity contribution in [1.29, 1.82) is 0 Å². The summed E-state index contributed by atoms with van der Waals surface area (Å²) in [4.78, 5) is 16.1. The number of alkyl halides is 3. The highest BCUT2D eigenvalue weighted by Crippen LogP contribution is 2.33. The van der Waals surface area contributed by atoms with Gasteiger partial charge in [-0.1, -0.05) is 55.8 Å². The Morgan fingerprint density at radius 2 is 1.83 bits per heavy atom. The summed E-state index contributed by atoms with van der Waals surface area (Å²) < 4.78 is 37.8. The van der Waals surface area contributed by atoms with Crippen LogP contribution in [0.3, 0.4) is 0 Å². The van der Waals surface area contributed by atoms with E-state index in [2.05, 4.69) is 10.3 Å². The predicted molar refractivity (Wildman–Crippen MR) is 86.8 cm³/mol. The second-order valence-corrected chi connectivity index (χ2v) is 6.46. The average Bonchev–Trinajstić information content (AvgIpc) is 2.48. The number of nitrogens with one attached hydrogen (secondary N) is 1. The first-order chi connectivity index (χ1) is 11.1. The first-order valence-corrected chi connectivity index (χ1v) is 7.55. The van der Waals surface area contributed by atoms with Crippen LogP contribution in [-0.4, -0.2) is 10.9 Å². The predicted octanol–water partition coefficient (Wildman–Crippen LogP) is 4.96. The van der Waals surface area contributed by atoms with Gasteiger partial charge in [0, 0.05) is 11.6 Å². The molecule has 0 radical (unpaired) electrons. The van der Waals surface area contributed by atoms with Gasteiger partial charge in [-0.15, -0.1) is 0 Å². The summed E-state index contributed by atoms with van der Waals surface area (Å²) in [5.41, 5.74) is -0.770. The smallest absolute Gasteiger partial charge is 0.309 e. The molecular weight excluding hydrogens is 341 g/mol. The van der Waals surface area contributed by atoms with E-state index in [0.29, 0.717) is 12.6 Å². The number of amides is 1. The molecule has 1 N–H and O–H groups in total. The summed E-state index contributed by atoms with van der Waals surface area (Å²) in [5, 5.41) is 2.24. The van der Waals surface area contributed by atoms with Gasteiger partial charge in [0.25, 0.3) is 0 Å². The molecule has 1 aromatic heterocycles. The van der Waals surface area contributed by atoms with Gasteiger partial charge < -0.3 is 5.32 Å². The molecule has 1 aromatic carbocycles. The van der Waals surface area contributed by atoms with Crippen molar-refractivity contribution in [2.45, 2.75) is 26.4 Å². The second-order valence-electron chi connectivity index (χ2n) is 6.05. The molecule has 1 heterocycles. The van der Waals surface area contributed by atoms with Crippen LogP contribution in [0.25, 0.3) is 0 Å². The van der Waals surface area contributed by atoms with E-state index in [0.717, 1.165) is 11.6 Å². The number of rotatable bonds is 4. The van der Waals surface area contributed by atoms with Crippen molar-refractivity contribution >= 4 is 23.3 Å². The van der Waals surface area contributed by atoms with Gasteiger partial charge >= 0.3 is 6.18 Å². The highest BCUT2D eigenvalue weighted by molar-refractivity contribution is 6.33. The van der Waals surface area contributed by atoms with Gasteiger partial charge in [-0.3, -0.25) is 4.79 Å². The summed E-state index contributed by atoms with van der Waals surface area (Å²) in [6, 6.07) is 10.2. The van der Waals surface area contributed by atoms with Gasteiger partial charge in [0.2, 0.25) is 5.91 Å². The summed E-state index contributed by atoms with van der Waals surface area (Å²) >= 11 is 5.81. The Kier molecular flexibility index (Phi) is 5.18. The Morgan fingerprint density at radius 3 is 2.38 bits per heavy atom. The van der Waals surface area contributed by atoms with E-state index in [9.17, 15) is 18.0 Å². The molecule has 0 saturated heterocycles. The van der Waals surface area contributed by atoms with Crippen LogP contribution in [-0.2, 0) is 17.4 Å². The van der Waals surface area contributed by atoms with Gasteiger partial charge in [0.1, 0.15) is 0 Å². The largest absolute Gasteiger partial charge is 0.417 e. The van der Waals surface area contributed by atoms with E-state index < -0.39 is 17.2 Å². The molecule has 0 spiro atoms. The lowest BCUT2D eigenvalue weighted by Crippen LogP contribution is -2.33. The molecule has 1 amide bonds. The molecular formula is C17H16ClF3N2O. The summed E-state index contributed by atoms with van der Waals surface area (Å²) in [6.07, 6.45) is -3.42. The summed E-state index contributed by atoms with van der Waals surface area (Å²) in [5.74, 6) is -0.462. The molecule has 0 aliphatic carbocycles. The molecule has 0 atom stereocenters. The van der Waals surface area contributed by atoms with Crippen molar-refractivity contribution in [3.05, 3.63) is 58.7 Å². The van der Waals surface area contributed by atoms with Crippen LogP contribution in [0.2, 0.25) is 5.02 Å². The Hall–Kier alpha value is -2.08. The van der Waals surface area contributed by atoms with Crippen LogP contribution in [0, 0.1) is 5.41 Å². The number of carbonyl (C=O) groups excluding carboxylic acids is 1. The van der Waals surface area contributed by atoms with E-state index in [-0.39, 0.29) is 16.7 Å². The second kappa shape index (κ2) is 6.81. The van der Waals surface area contributed by atoms with Gasteiger partial charge in [0.05, 0.1) is 10.6 Å². The Labute approximate surface area is 142 Å². The SMILES string of the molecule is CC(C)(Cc1ccccc1)C(=O)Nc1ncc(C(F)(F)F)cc1Cl. The number of hydrogen-bond donors (Lipinski definition) is 1. The Balaban J connectivity index is 2.14. The van der Waals surface area contributed by atoms with Crippen molar-refractivity contribution in [3.63, 3.8) is 0 Å². The van der Waals surface area contributed by atoms with Crippen LogP contribution < -0.4 is 5.32 Å². The minimum absolute atomic E-state index is 0.0872. The van der Waals surface area contributed by atoms with Crippen molar-refractivity contribution in [1.82, 2.24) is 4.98 Å². The summed E-state index contributed by atoms with van der Waals surface area (Å²) in [7, 11) is 0. The van der Waals surface area contributed by atoms with Crippen molar-refractivity contribution in [2.24, 2.45) is 5.41 Å². The first-order valence-electron chi connectivity index (χ1n) is 7.18. The molecule has 0 aliphatic heterocycles. The van der Waals surface area contributed by atoms with Gasteiger partial charge in [0.15, 0.2) is 5.82 Å². The number of anilines is 1. The maximum absolute atomic E-state index is 12.6. The van der Waals surface area contributed by atoms with Crippen LogP contribution in [0.15, 0.2) is 42.6 Å². The number of pyridine rings is 1. The lowest BCUT2D eigenvalue weighted by molar-refractivity contribution is -0.137. The zero-order valence-corrected chi connectivity index (χ0v) is 13.9. The third kappa shape index (κ3) is 4.47. The van der Waals surface area contributed by atoms with E-state index in [1.54, 1.807) is 13.8 Å². The molecule has 24 heavy (non-hydrogen) atoms. The van der Waals surface area contributed by atoms with E-state index in [1.807, 2.05) is 30.3 Å². The van der Waals surface area contributed by atoms with E-state index in [4.69, 9.17) is 11.6 Å². The molecule has 0 unspecified atom stereocenters. The minimum Gasteiger partial charge on any atom is -0.309 e. The minimum atomic E-state index is -4.54. The standard InChI is InChI=1S/C17H16ClF3N2O/c1-16(2,9-11-6-4-3-5-7-11)15(24)23-14-13(18)8-12(10-22-14)17(19,20)21/h3-8,10H,9H2,1-2H3,(H,22,23,24). The van der Waals surface area contributed by atoms with E-state index >= 15 is 0 Å². The number of aromatic nitrogens is 1. The lowest BCUT2D eigenvalue weighted by Gasteiger charge is -2.23. The zero-order valence-electron chi connectivity index (χ0n) is 13.1. The van der Waals surface area contributed by atoms with Gasteiger partial charge in [-0.25, -0.2) is 4.98 Å². The number of hydrogen-bond acceptors (Lipinski definition) is 2. The zero-order chi connectivity index (χ0) is 18.0. The fraction of sp³-hybridized carbons (Fsp3) is 0.294. The number of benzene rings is 1. The molecule has 0 saturated carbocycles. The van der Waals surface area contributed by atoms with E-state index in [1.165, 1.54) is 0 Å². The molecule has 2 aromatic rings. The van der Waals surface area contributed by atoms with Gasteiger partial charge in [-0.05, 0) is 18.1 Å². The Morgan fingerprint density at radius 1 is 1.21 bits per heavy atom. The number of halogens is 4. The van der Waals surface area contributed by atoms with Crippen molar-refractivity contribution in [3.8, 4) is 0 Å². The van der Waals surface area contributed by atoms with Crippen molar-refractivity contribution in [2.75, 3.05) is 5.32 Å². The number of carbonyl (C=O) groups is 1. The van der Waals surface area contributed by atoms with Crippen LogP contribution in [0.1, 0.15) is 25.0 Å². The molecule has 128 valence electrons. The lowest BCUT2D eigenvalue weighted by atomic mass is 9.85. The van der Waals surface area contributed by atoms with Crippen molar-refractivity contribution < 1.29 is 18.0 Å². The Bertz CT molecular complexity index is 730. The molecule has 0 fully saturated rings. The maximum Gasteiger partial charge on any atom is 0.417 e. The van der Waals surface area contributed by atoms with Crippen LogP contribution >= 0.6 is 11.6 Å². The molecule has 0 aliphatic rings. The first kappa shape index (κ1) is 18.3. The third-order valence-electron chi connectivity index (χ3n) is 3.50. The fourth-order valence-corrected chi connectivity index (χ4v) is 2.36. The van der Waals surface area contributed by atoms with Gasteiger partial charge in [-0.2, -0.15) is 13.2 Å². The molecule has 0 bridgehead atoms. The quantitative estimate of drug-likeness (QED) is 0.841. The number of nitrogens with zero attached hydrogens (tertiary/aromatic N) is 1. The highest BCUT2D eigenvalue weighted by Gasteiger charge is 2.33. The third-order valence-corrected chi connectivity index (χ3v) is 3.79. The normalized spacial score (nSPS) is 12.1. The average molecular weight is 357 g/mol. The molecule has 3 nitrogen and oxygen atoms in total. The topological polar surface area (TPSA) is 42.0 Å². The maximum atomic E-state index is 12.6. The molecule has 7 heteroatoms. The van der Waals surface area contributed by atoms with Crippen LogP contribution in [0.5, 0.6) is 0 Å².